The van der Waals surface area contributed by atoms with E-state index in [1.807, 2.05) is 0 Å². The number of halogens is 1. The third kappa shape index (κ3) is 3.19. The summed E-state index contributed by atoms with van der Waals surface area (Å²) in [6, 6.07) is 0. The van der Waals surface area contributed by atoms with Crippen LogP contribution in [0.2, 0.25) is 5.15 Å². The van der Waals surface area contributed by atoms with Gasteiger partial charge in [0.1, 0.15) is 4.88 Å². The second kappa shape index (κ2) is 6.21. The summed E-state index contributed by atoms with van der Waals surface area (Å²) in [5, 5.41) is 1.16. The van der Waals surface area contributed by atoms with Gasteiger partial charge < -0.3 is 4.90 Å². The van der Waals surface area contributed by atoms with Gasteiger partial charge in [-0.2, -0.15) is 0 Å². The van der Waals surface area contributed by atoms with Crippen LogP contribution in [0, 0.1) is 5.92 Å². The molecule has 90 valence electrons. The molecule has 0 aliphatic rings. The highest BCUT2D eigenvalue weighted by Gasteiger charge is 2.15. The van der Waals surface area contributed by atoms with E-state index in [1.54, 1.807) is 0 Å². The second-order valence-electron chi connectivity index (χ2n) is 3.82. The van der Waals surface area contributed by atoms with Crippen LogP contribution in [0.1, 0.15) is 36.9 Å². The molecule has 16 heavy (non-hydrogen) atoms. The molecule has 0 fully saturated rings. The lowest BCUT2D eigenvalue weighted by Gasteiger charge is -2.23. The number of hydrogen-bond acceptors (Lipinski definition) is 4. The molecule has 1 rings (SSSR count). The summed E-state index contributed by atoms with van der Waals surface area (Å²) in [7, 11) is 0. The van der Waals surface area contributed by atoms with E-state index in [9.17, 15) is 4.79 Å². The molecule has 5 heteroatoms. The fourth-order valence-electron chi connectivity index (χ4n) is 1.36. The normalized spacial score (nSPS) is 12.5. The molecular weight excluding hydrogens is 244 g/mol. The molecule has 0 aromatic carbocycles. The van der Waals surface area contributed by atoms with Gasteiger partial charge in [0.15, 0.2) is 16.6 Å². The van der Waals surface area contributed by atoms with Crippen LogP contribution in [0.25, 0.3) is 0 Å². The van der Waals surface area contributed by atoms with Crippen LogP contribution in [0.15, 0.2) is 0 Å². The first-order valence-corrected chi connectivity index (χ1v) is 6.68. The number of thiazole rings is 1. The summed E-state index contributed by atoms with van der Waals surface area (Å²) in [6.07, 6.45) is 1.90. The minimum absolute atomic E-state index is 0.317. The number of anilines is 1. The molecule has 0 amide bonds. The Morgan fingerprint density at radius 1 is 1.56 bits per heavy atom. The van der Waals surface area contributed by atoms with E-state index in [4.69, 9.17) is 11.6 Å². The summed E-state index contributed by atoms with van der Waals surface area (Å²) in [4.78, 5) is 17.6. The smallest absolute Gasteiger partial charge is 0.187 e. The highest BCUT2D eigenvalue weighted by Crippen LogP contribution is 2.28. The molecule has 0 N–H and O–H groups in total. The highest BCUT2D eigenvalue weighted by molar-refractivity contribution is 7.17. The molecule has 1 unspecified atom stereocenters. The van der Waals surface area contributed by atoms with Crippen molar-refractivity contribution in [2.45, 2.75) is 27.2 Å². The average molecular weight is 261 g/mol. The molecule has 3 nitrogen and oxygen atoms in total. The van der Waals surface area contributed by atoms with Crippen LogP contribution in [-0.2, 0) is 0 Å². The number of aromatic nitrogens is 1. The second-order valence-corrected chi connectivity index (χ2v) is 5.19. The van der Waals surface area contributed by atoms with Gasteiger partial charge in [-0.3, -0.25) is 4.79 Å². The molecule has 0 spiro atoms. The number of carbonyl (C=O) groups is 1. The molecule has 1 atom stereocenters. The SMILES string of the molecule is CCC(C)CN(CC)c1nc(Cl)c(C=O)s1. The van der Waals surface area contributed by atoms with Gasteiger partial charge in [-0.15, -0.1) is 0 Å². The van der Waals surface area contributed by atoms with Crippen molar-refractivity contribution < 1.29 is 4.79 Å². The first kappa shape index (κ1) is 13.5. The topological polar surface area (TPSA) is 33.2 Å². The predicted molar refractivity (Wildman–Crippen MR) is 69.9 cm³/mol. The number of nitrogens with zero attached hydrogens (tertiary/aromatic N) is 2. The number of aldehydes is 1. The van der Waals surface area contributed by atoms with Crippen molar-refractivity contribution in [3.63, 3.8) is 0 Å². The third-order valence-electron chi connectivity index (χ3n) is 2.59. The lowest BCUT2D eigenvalue weighted by Crippen LogP contribution is -2.27. The minimum atomic E-state index is 0.317. The third-order valence-corrected chi connectivity index (χ3v) is 4.03. The zero-order valence-corrected chi connectivity index (χ0v) is 11.4. The Morgan fingerprint density at radius 2 is 2.25 bits per heavy atom. The quantitative estimate of drug-likeness (QED) is 0.734. The maximum absolute atomic E-state index is 10.7. The van der Waals surface area contributed by atoms with Crippen LogP contribution in [-0.4, -0.2) is 24.4 Å². The van der Waals surface area contributed by atoms with Crippen molar-refractivity contribution in [3.05, 3.63) is 10.0 Å². The number of hydrogen-bond donors (Lipinski definition) is 0. The summed E-state index contributed by atoms with van der Waals surface area (Å²) >= 11 is 7.22. The van der Waals surface area contributed by atoms with Gasteiger partial charge in [0.05, 0.1) is 0 Å². The van der Waals surface area contributed by atoms with Crippen molar-refractivity contribution in [2.24, 2.45) is 5.92 Å². The minimum Gasteiger partial charge on any atom is -0.348 e. The van der Waals surface area contributed by atoms with Crippen LogP contribution < -0.4 is 4.90 Å². The molecule has 1 aromatic rings. The zero-order chi connectivity index (χ0) is 12.1. The van der Waals surface area contributed by atoms with Crippen LogP contribution in [0.5, 0.6) is 0 Å². The first-order valence-electron chi connectivity index (χ1n) is 5.48. The van der Waals surface area contributed by atoms with Gasteiger partial charge in [0.25, 0.3) is 0 Å². The van der Waals surface area contributed by atoms with Gasteiger partial charge in [0.2, 0.25) is 0 Å². The van der Waals surface area contributed by atoms with Crippen molar-refractivity contribution in [1.82, 2.24) is 4.98 Å². The van der Waals surface area contributed by atoms with E-state index in [0.717, 1.165) is 30.9 Å². The summed E-state index contributed by atoms with van der Waals surface area (Å²) < 4.78 is 0. The predicted octanol–water partition coefficient (Wildman–Crippen LogP) is 3.48. The van der Waals surface area contributed by atoms with Gasteiger partial charge in [-0.25, -0.2) is 4.98 Å². The lowest BCUT2D eigenvalue weighted by molar-refractivity contribution is 0.112. The Balaban J connectivity index is 2.82. The van der Waals surface area contributed by atoms with E-state index >= 15 is 0 Å². The van der Waals surface area contributed by atoms with Gasteiger partial charge in [0, 0.05) is 13.1 Å². The van der Waals surface area contributed by atoms with Gasteiger partial charge in [-0.1, -0.05) is 43.2 Å². The van der Waals surface area contributed by atoms with E-state index in [-0.39, 0.29) is 0 Å². The van der Waals surface area contributed by atoms with E-state index in [0.29, 0.717) is 15.9 Å². The molecule has 0 aliphatic carbocycles. The highest BCUT2D eigenvalue weighted by atomic mass is 35.5. The van der Waals surface area contributed by atoms with E-state index in [1.165, 1.54) is 11.3 Å². The van der Waals surface area contributed by atoms with Crippen molar-refractivity contribution >= 4 is 34.4 Å². The van der Waals surface area contributed by atoms with Crippen molar-refractivity contribution in [3.8, 4) is 0 Å². The maximum Gasteiger partial charge on any atom is 0.187 e. The van der Waals surface area contributed by atoms with Crippen LogP contribution in [0.3, 0.4) is 0 Å². The Labute approximate surface area is 105 Å². The molecule has 1 heterocycles. The number of rotatable bonds is 6. The summed E-state index contributed by atoms with van der Waals surface area (Å²) in [6.45, 7) is 8.29. The average Bonchev–Trinajstić information content (AvgIpc) is 2.66. The molecule has 0 bridgehead atoms. The van der Waals surface area contributed by atoms with Crippen molar-refractivity contribution in [2.75, 3.05) is 18.0 Å². The molecule has 1 aromatic heterocycles. The largest absolute Gasteiger partial charge is 0.348 e. The number of carbonyl (C=O) groups excluding carboxylic acids is 1. The molecular formula is C11H17ClN2OS. The van der Waals surface area contributed by atoms with Gasteiger partial charge >= 0.3 is 0 Å². The summed E-state index contributed by atoms with van der Waals surface area (Å²) in [5.74, 6) is 0.613. The Hall–Kier alpha value is -0.610. The standard InChI is InChI=1S/C11H17ClN2OS/c1-4-8(3)6-14(5-2)11-13-10(12)9(7-15)16-11/h7-8H,4-6H2,1-3H3. The molecule has 0 saturated heterocycles. The molecule has 0 radical (unpaired) electrons. The first-order chi connectivity index (χ1) is 7.62. The lowest BCUT2D eigenvalue weighted by atomic mass is 10.1. The van der Waals surface area contributed by atoms with E-state index in [2.05, 4.69) is 30.7 Å². The Morgan fingerprint density at radius 3 is 2.69 bits per heavy atom. The summed E-state index contributed by atoms with van der Waals surface area (Å²) in [5.41, 5.74) is 0. The molecule has 0 saturated carbocycles. The molecule has 0 aliphatic heterocycles. The van der Waals surface area contributed by atoms with Crippen LogP contribution >= 0.6 is 22.9 Å². The van der Waals surface area contributed by atoms with Crippen LogP contribution in [0.4, 0.5) is 5.13 Å². The Bertz CT molecular complexity index is 354. The van der Waals surface area contributed by atoms with Crippen molar-refractivity contribution in [1.29, 1.82) is 0 Å². The monoisotopic (exact) mass is 260 g/mol. The maximum atomic E-state index is 10.7. The zero-order valence-electron chi connectivity index (χ0n) is 9.86. The Kier molecular flexibility index (Phi) is 5.22. The fraction of sp³-hybridized carbons (Fsp3) is 0.636. The van der Waals surface area contributed by atoms with E-state index < -0.39 is 0 Å². The van der Waals surface area contributed by atoms with Gasteiger partial charge in [-0.05, 0) is 12.8 Å². The fourth-order valence-corrected chi connectivity index (χ4v) is 2.49.